The van der Waals surface area contributed by atoms with Gasteiger partial charge in [-0.25, -0.2) is 9.97 Å². The fraction of sp³-hybridized carbons (Fsp3) is 0.231. The Labute approximate surface area is 111 Å². The summed E-state index contributed by atoms with van der Waals surface area (Å²) in [5.41, 5.74) is 2.26. The molecule has 0 amide bonds. The zero-order valence-electron chi connectivity index (χ0n) is 10.7. The fourth-order valence-corrected chi connectivity index (χ4v) is 1.87. The first-order valence-electron chi connectivity index (χ1n) is 5.66. The number of thioether (sulfide) groups is 1. The van der Waals surface area contributed by atoms with E-state index in [0.29, 0.717) is 0 Å². The van der Waals surface area contributed by atoms with Gasteiger partial charge in [0, 0.05) is 18.8 Å². The van der Waals surface area contributed by atoms with Crippen LogP contribution in [0.15, 0.2) is 35.5 Å². The van der Waals surface area contributed by atoms with E-state index in [0.717, 1.165) is 22.5 Å². The zero-order valence-corrected chi connectivity index (χ0v) is 11.5. The molecule has 0 atom stereocenters. The fourth-order valence-electron chi connectivity index (χ4n) is 1.49. The lowest BCUT2D eigenvalue weighted by Crippen LogP contribution is -2.00. The van der Waals surface area contributed by atoms with Gasteiger partial charge in [-0.15, -0.1) is 0 Å². The predicted octanol–water partition coefficient (Wildman–Crippen LogP) is 3.29. The Balaban J connectivity index is 2.25. The van der Waals surface area contributed by atoms with E-state index in [2.05, 4.69) is 39.7 Å². The van der Waals surface area contributed by atoms with Crippen molar-refractivity contribution in [1.82, 2.24) is 9.97 Å². The van der Waals surface area contributed by atoms with Gasteiger partial charge in [-0.2, -0.15) is 0 Å². The molecular weight excluding hydrogens is 244 g/mol. The Morgan fingerprint density at radius 3 is 2.33 bits per heavy atom. The maximum Gasteiger partial charge on any atom is 0.191 e. The standard InChI is InChI=1S/C13H16N4S/c1-9-4-6-10(7-5-9)15-12-8-11(14-2)16-13(17-12)18-3/h4-8H,1-3H3,(H2,14,15,16,17). The maximum absolute atomic E-state index is 4.42. The molecule has 0 aliphatic carbocycles. The minimum Gasteiger partial charge on any atom is -0.373 e. The molecule has 0 saturated carbocycles. The monoisotopic (exact) mass is 260 g/mol. The van der Waals surface area contributed by atoms with Gasteiger partial charge in [-0.1, -0.05) is 29.5 Å². The van der Waals surface area contributed by atoms with Crippen LogP contribution >= 0.6 is 11.8 Å². The van der Waals surface area contributed by atoms with E-state index >= 15 is 0 Å². The summed E-state index contributed by atoms with van der Waals surface area (Å²) in [6, 6.07) is 10.1. The van der Waals surface area contributed by atoms with Crippen molar-refractivity contribution < 1.29 is 0 Å². The summed E-state index contributed by atoms with van der Waals surface area (Å²) in [5.74, 6) is 1.60. The molecule has 0 bridgehead atoms. The molecule has 1 heterocycles. The number of nitrogens with zero attached hydrogens (tertiary/aromatic N) is 2. The van der Waals surface area contributed by atoms with Crippen LogP contribution in [0.1, 0.15) is 5.56 Å². The summed E-state index contributed by atoms with van der Waals surface area (Å²) in [4.78, 5) is 8.75. The third-order valence-electron chi connectivity index (χ3n) is 2.47. The van der Waals surface area contributed by atoms with Crippen molar-refractivity contribution in [2.24, 2.45) is 0 Å². The molecule has 0 spiro atoms. The van der Waals surface area contributed by atoms with E-state index in [1.807, 2.05) is 31.5 Å². The summed E-state index contributed by atoms with van der Waals surface area (Å²) in [7, 11) is 1.85. The maximum atomic E-state index is 4.42. The number of hydrogen-bond acceptors (Lipinski definition) is 5. The highest BCUT2D eigenvalue weighted by Crippen LogP contribution is 2.20. The number of hydrogen-bond donors (Lipinski definition) is 2. The van der Waals surface area contributed by atoms with Gasteiger partial charge in [0.05, 0.1) is 0 Å². The first-order valence-corrected chi connectivity index (χ1v) is 6.88. The number of aryl methyl sites for hydroxylation is 1. The molecule has 0 fully saturated rings. The molecule has 0 saturated heterocycles. The molecule has 0 radical (unpaired) electrons. The highest BCUT2D eigenvalue weighted by Gasteiger charge is 2.03. The minimum atomic E-state index is 0.747. The lowest BCUT2D eigenvalue weighted by atomic mass is 10.2. The molecule has 2 rings (SSSR count). The molecule has 0 unspecified atom stereocenters. The van der Waals surface area contributed by atoms with Crippen molar-refractivity contribution in [2.75, 3.05) is 23.9 Å². The molecule has 2 N–H and O–H groups in total. The van der Waals surface area contributed by atoms with Gasteiger partial charge in [0.2, 0.25) is 0 Å². The summed E-state index contributed by atoms with van der Waals surface area (Å²) >= 11 is 1.52. The van der Waals surface area contributed by atoms with E-state index in [4.69, 9.17) is 0 Å². The SMILES string of the molecule is CNc1cc(Nc2ccc(C)cc2)nc(SC)n1. The third kappa shape index (κ3) is 3.13. The van der Waals surface area contributed by atoms with Crippen molar-refractivity contribution >= 4 is 29.1 Å². The summed E-state index contributed by atoms with van der Waals surface area (Å²) in [6.45, 7) is 2.07. The smallest absolute Gasteiger partial charge is 0.191 e. The van der Waals surface area contributed by atoms with Gasteiger partial charge in [0.25, 0.3) is 0 Å². The van der Waals surface area contributed by atoms with Crippen LogP contribution < -0.4 is 10.6 Å². The van der Waals surface area contributed by atoms with E-state index in [1.54, 1.807) is 0 Å². The predicted molar refractivity (Wildman–Crippen MR) is 77.8 cm³/mol. The molecule has 0 aliphatic heterocycles. The molecule has 1 aromatic carbocycles. The molecule has 18 heavy (non-hydrogen) atoms. The van der Waals surface area contributed by atoms with Crippen molar-refractivity contribution in [3.05, 3.63) is 35.9 Å². The molecule has 0 aliphatic rings. The van der Waals surface area contributed by atoms with Gasteiger partial charge in [-0.05, 0) is 25.3 Å². The van der Waals surface area contributed by atoms with Crippen LogP contribution in [0.25, 0.3) is 0 Å². The normalized spacial score (nSPS) is 10.2. The minimum absolute atomic E-state index is 0.747. The quantitative estimate of drug-likeness (QED) is 0.652. The van der Waals surface area contributed by atoms with Crippen LogP contribution in [0, 0.1) is 6.92 Å². The Hall–Kier alpha value is -1.75. The van der Waals surface area contributed by atoms with Crippen LogP contribution in [0.2, 0.25) is 0 Å². The lowest BCUT2D eigenvalue weighted by Gasteiger charge is -2.09. The topological polar surface area (TPSA) is 49.8 Å². The van der Waals surface area contributed by atoms with Crippen LogP contribution in [0.3, 0.4) is 0 Å². The van der Waals surface area contributed by atoms with Gasteiger partial charge in [0.1, 0.15) is 11.6 Å². The highest BCUT2D eigenvalue weighted by molar-refractivity contribution is 7.98. The van der Waals surface area contributed by atoms with E-state index in [9.17, 15) is 0 Å². The summed E-state index contributed by atoms with van der Waals surface area (Å²) in [6.07, 6.45) is 1.96. The molecule has 94 valence electrons. The first kappa shape index (κ1) is 12.7. The van der Waals surface area contributed by atoms with Crippen LogP contribution in [-0.4, -0.2) is 23.3 Å². The first-order chi connectivity index (χ1) is 8.71. The summed E-state index contributed by atoms with van der Waals surface area (Å²) < 4.78 is 0. The third-order valence-corrected chi connectivity index (χ3v) is 3.02. The van der Waals surface area contributed by atoms with Crippen LogP contribution in [0.4, 0.5) is 17.3 Å². The van der Waals surface area contributed by atoms with Crippen molar-refractivity contribution in [2.45, 2.75) is 12.1 Å². The second kappa shape index (κ2) is 5.73. The highest BCUT2D eigenvalue weighted by atomic mass is 32.2. The molecule has 4 nitrogen and oxygen atoms in total. The number of benzene rings is 1. The number of nitrogens with one attached hydrogen (secondary N) is 2. The summed E-state index contributed by atoms with van der Waals surface area (Å²) in [5, 5.41) is 7.06. The van der Waals surface area contributed by atoms with Crippen molar-refractivity contribution in [3.63, 3.8) is 0 Å². The Bertz CT molecular complexity index is 503. The Morgan fingerprint density at radius 2 is 1.72 bits per heavy atom. The second-order valence-electron chi connectivity index (χ2n) is 3.87. The molecule has 5 heteroatoms. The van der Waals surface area contributed by atoms with Gasteiger partial charge in [0.15, 0.2) is 5.16 Å². The largest absolute Gasteiger partial charge is 0.373 e. The van der Waals surface area contributed by atoms with Crippen LogP contribution in [-0.2, 0) is 0 Å². The average Bonchev–Trinajstić information content (AvgIpc) is 2.41. The Morgan fingerprint density at radius 1 is 1.06 bits per heavy atom. The lowest BCUT2D eigenvalue weighted by molar-refractivity contribution is 0.977. The second-order valence-corrected chi connectivity index (χ2v) is 4.64. The van der Waals surface area contributed by atoms with E-state index in [-0.39, 0.29) is 0 Å². The average molecular weight is 260 g/mol. The van der Waals surface area contributed by atoms with Crippen LogP contribution in [0.5, 0.6) is 0 Å². The van der Waals surface area contributed by atoms with Crippen molar-refractivity contribution in [1.29, 1.82) is 0 Å². The van der Waals surface area contributed by atoms with Crippen molar-refractivity contribution in [3.8, 4) is 0 Å². The molecular formula is C13H16N4S. The zero-order chi connectivity index (χ0) is 13.0. The van der Waals surface area contributed by atoms with E-state index in [1.165, 1.54) is 17.3 Å². The Kier molecular flexibility index (Phi) is 4.04. The van der Waals surface area contributed by atoms with E-state index < -0.39 is 0 Å². The van der Waals surface area contributed by atoms with Gasteiger partial charge in [-0.3, -0.25) is 0 Å². The number of aromatic nitrogens is 2. The van der Waals surface area contributed by atoms with Gasteiger partial charge < -0.3 is 10.6 Å². The van der Waals surface area contributed by atoms with Gasteiger partial charge >= 0.3 is 0 Å². The molecule has 2 aromatic rings. The number of anilines is 3. The number of rotatable bonds is 4. The molecule has 1 aromatic heterocycles.